The Kier molecular flexibility index (Phi) is 5.78. The molecule has 1 aliphatic heterocycles. The highest BCUT2D eigenvalue weighted by Gasteiger charge is 2.26. The fourth-order valence-corrected chi connectivity index (χ4v) is 3.27. The molecule has 1 aliphatic rings. The summed E-state index contributed by atoms with van der Waals surface area (Å²) in [5.41, 5.74) is 0.834. The third-order valence-corrected chi connectivity index (χ3v) is 4.90. The monoisotopic (exact) mass is 343 g/mol. The number of piperidine rings is 1. The van der Waals surface area contributed by atoms with Crippen LogP contribution in [0.1, 0.15) is 31.0 Å². The number of hydrogen-bond donors (Lipinski definition) is 2. The molecule has 25 heavy (non-hydrogen) atoms. The Morgan fingerprint density at radius 2 is 1.92 bits per heavy atom. The van der Waals surface area contributed by atoms with Crippen LogP contribution in [-0.2, 0) is 12.1 Å². The van der Waals surface area contributed by atoms with Crippen molar-refractivity contribution < 1.29 is 9.50 Å². The number of aromatic nitrogens is 1. The lowest BCUT2D eigenvalue weighted by Gasteiger charge is -2.34. The predicted octanol–water partition coefficient (Wildman–Crippen LogP) is 2.68. The van der Waals surface area contributed by atoms with Crippen LogP contribution in [0.3, 0.4) is 0 Å². The molecule has 0 saturated carbocycles. The zero-order valence-corrected chi connectivity index (χ0v) is 14.7. The van der Waals surface area contributed by atoms with Gasteiger partial charge in [-0.2, -0.15) is 0 Å². The molecule has 0 radical (unpaired) electrons. The summed E-state index contributed by atoms with van der Waals surface area (Å²) < 4.78 is 13.0. The Labute approximate surface area is 148 Å². The molecule has 2 heterocycles. The van der Waals surface area contributed by atoms with Gasteiger partial charge in [0.05, 0.1) is 11.3 Å². The first-order valence-electron chi connectivity index (χ1n) is 8.87. The number of nitrogens with zero attached hydrogens (tertiary/aromatic N) is 2. The number of benzene rings is 1. The van der Waals surface area contributed by atoms with Crippen molar-refractivity contribution in [2.75, 3.05) is 19.6 Å². The van der Waals surface area contributed by atoms with E-state index in [0.717, 1.165) is 43.7 Å². The first-order valence-corrected chi connectivity index (χ1v) is 8.87. The topological polar surface area (TPSA) is 48.4 Å². The number of likely N-dealkylation sites (tertiary alicyclic amines) is 1. The Hall–Kier alpha value is -1.82. The van der Waals surface area contributed by atoms with Gasteiger partial charge in [-0.05, 0) is 49.6 Å². The van der Waals surface area contributed by atoms with E-state index in [1.807, 2.05) is 18.3 Å². The highest BCUT2D eigenvalue weighted by atomic mass is 19.1. The molecule has 0 bridgehead atoms. The van der Waals surface area contributed by atoms with Crippen LogP contribution < -0.4 is 5.32 Å². The SMILES string of the molecule is CC(O)(CNC1CCN(Cc2ccccn2)CC1)c1ccc(F)cc1. The summed E-state index contributed by atoms with van der Waals surface area (Å²) >= 11 is 0. The molecule has 0 amide bonds. The second-order valence-corrected chi connectivity index (χ2v) is 7.03. The average molecular weight is 343 g/mol. The molecule has 1 aromatic carbocycles. The first kappa shape index (κ1) is 18.0. The van der Waals surface area contributed by atoms with Gasteiger partial charge >= 0.3 is 0 Å². The van der Waals surface area contributed by atoms with E-state index in [0.29, 0.717) is 12.6 Å². The van der Waals surface area contributed by atoms with E-state index >= 15 is 0 Å². The van der Waals surface area contributed by atoms with Crippen molar-refractivity contribution in [3.05, 3.63) is 65.7 Å². The number of halogens is 1. The van der Waals surface area contributed by atoms with E-state index < -0.39 is 5.60 Å². The van der Waals surface area contributed by atoms with Crippen LogP contribution in [0.25, 0.3) is 0 Å². The van der Waals surface area contributed by atoms with Gasteiger partial charge in [0.25, 0.3) is 0 Å². The average Bonchev–Trinajstić information content (AvgIpc) is 2.62. The molecule has 5 heteroatoms. The Balaban J connectivity index is 1.45. The Morgan fingerprint density at radius 1 is 1.20 bits per heavy atom. The quantitative estimate of drug-likeness (QED) is 0.847. The number of pyridine rings is 1. The summed E-state index contributed by atoms with van der Waals surface area (Å²) in [6.07, 6.45) is 3.93. The maximum absolute atomic E-state index is 13.0. The molecule has 4 nitrogen and oxygen atoms in total. The van der Waals surface area contributed by atoms with Gasteiger partial charge in [-0.15, -0.1) is 0 Å². The summed E-state index contributed by atoms with van der Waals surface area (Å²) in [5.74, 6) is -0.284. The molecular weight excluding hydrogens is 317 g/mol. The molecule has 0 spiro atoms. The number of hydrogen-bond acceptors (Lipinski definition) is 4. The van der Waals surface area contributed by atoms with Gasteiger partial charge in [-0.1, -0.05) is 18.2 Å². The third kappa shape index (κ3) is 5.08. The van der Waals surface area contributed by atoms with E-state index in [2.05, 4.69) is 21.3 Å². The van der Waals surface area contributed by atoms with Gasteiger partial charge < -0.3 is 10.4 Å². The fraction of sp³-hybridized carbons (Fsp3) is 0.450. The number of aliphatic hydroxyl groups is 1. The van der Waals surface area contributed by atoms with Crippen molar-refractivity contribution >= 4 is 0 Å². The van der Waals surface area contributed by atoms with Crippen molar-refractivity contribution in [1.29, 1.82) is 0 Å². The maximum Gasteiger partial charge on any atom is 0.123 e. The fourth-order valence-electron chi connectivity index (χ4n) is 3.27. The van der Waals surface area contributed by atoms with Crippen LogP contribution in [0.2, 0.25) is 0 Å². The Bertz CT molecular complexity index is 652. The van der Waals surface area contributed by atoms with Crippen LogP contribution >= 0.6 is 0 Å². The van der Waals surface area contributed by atoms with Gasteiger partial charge in [-0.3, -0.25) is 9.88 Å². The van der Waals surface area contributed by atoms with E-state index in [1.54, 1.807) is 19.1 Å². The smallest absolute Gasteiger partial charge is 0.123 e. The number of nitrogens with one attached hydrogen (secondary N) is 1. The predicted molar refractivity (Wildman–Crippen MR) is 96.5 cm³/mol. The zero-order valence-electron chi connectivity index (χ0n) is 14.7. The van der Waals surface area contributed by atoms with Gasteiger partial charge in [0.2, 0.25) is 0 Å². The minimum atomic E-state index is -1.00. The molecular formula is C20H26FN3O. The molecule has 2 aromatic rings. The van der Waals surface area contributed by atoms with E-state index in [-0.39, 0.29) is 5.82 Å². The largest absolute Gasteiger partial charge is 0.384 e. The van der Waals surface area contributed by atoms with Gasteiger partial charge in [0.1, 0.15) is 5.82 Å². The van der Waals surface area contributed by atoms with Gasteiger partial charge in [-0.25, -0.2) is 4.39 Å². The van der Waals surface area contributed by atoms with Crippen LogP contribution in [0.15, 0.2) is 48.7 Å². The summed E-state index contributed by atoms with van der Waals surface area (Å²) in [6.45, 7) is 5.16. The molecule has 1 fully saturated rings. The molecule has 2 N–H and O–H groups in total. The second-order valence-electron chi connectivity index (χ2n) is 7.03. The highest BCUT2D eigenvalue weighted by Crippen LogP contribution is 2.21. The molecule has 1 unspecified atom stereocenters. The zero-order chi connectivity index (χ0) is 17.7. The third-order valence-electron chi connectivity index (χ3n) is 4.90. The van der Waals surface area contributed by atoms with Crippen molar-refractivity contribution in [2.24, 2.45) is 0 Å². The lowest BCUT2D eigenvalue weighted by atomic mass is 9.95. The second kappa shape index (κ2) is 8.04. The molecule has 0 aliphatic carbocycles. The summed E-state index contributed by atoms with van der Waals surface area (Å²) in [4.78, 5) is 6.80. The van der Waals surface area contributed by atoms with Crippen molar-refractivity contribution in [1.82, 2.24) is 15.2 Å². The molecule has 3 rings (SSSR count). The van der Waals surface area contributed by atoms with Gasteiger partial charge in [0.15, 0.2) is 0 Å². The van der Waals surface area contributed by atoms with E-state index in [1.165, 1.54) is 12.1 Å². The van der Waals surface area contributed by atoms with Crippen LogP contribution in [0.5, 0.6) is 0 Å². The van der Waals surface area contributed by atoms with Crippen LogP contribution in [0.4, 0.5) is 4.39 Å². The number of rotatable bonds is 6. The van der Waals surface area contributed by atoms with Crippen molar-refractivity contribution in [3.63, 3.8) is 0 Å². The van der Waals surface area contributed by atoms with Crippen molar-refractivity contribution in [2.45, 2.75) is 38.0 Å². The minimum Gasteiger partial charge on any atom is -0.384 e. The van der Waals surface area contributed by atoms with E-state index in [4.69, 9.17) is 0 Å². The lowest BCUT2D eigenvalue weighted by Crippen LogP contribution is -2.46. The molecule has 1 aromatic heterocycles. The van der Waals surface area contributed by atoms with E-state index in [9.17, 15) is 9.50 Å². The summed E-state index contributed by atoms with van der Waals surface area (Å²) in [6, 6.07) is 12.5. The normalized spacial score (nSPS) is 18.8. The van der Waals surface area contributed by atoms with Crippen LogP contribution in [-0.4, -0.2) is 40.7 Å². The molecule has 1 saturated heterocycles. The summed E-state index contributed by atoms with van der Waals surface area (Å²) in [5, 5.41) is 14.1. The molecule has 1 atom stereocenters. The molecule has 134 valence electrons. The maximum atomic E-state index is 13.0. The highest BCUT2D eigenvalue weighted by molar-refractivity contribution is 5.22. The Morgan fingerprint density at radius 3 is 2.56 bits per heavy atom. The standard InChI is InChI=1S/C20H26FN3O/c1-20(25,16-5-7-17(21)8-6-16)15-23-18-9-12-24(13-10-18)14-19-4-2-3-11-22-19/h2-8,11,18,23,25H,9-10,12-15H2,1H3. The lowest BCUT2D eigenvalue weighted by molar-refractivity contribution is 0.0498. The van der Waals surface area contributed by atoms with Gasteiger partial charge in [0, 0.05) is 38.4 Å². The van der Waals surface area contributed by atoms with Crippen LogP contribution in [0, 0.1) is 5.82 Å². The van der Waals surface area contributed by atoms with Crippen molar-refractivity contribution in [3.8, 4) is 0 Å². The summed E-state index contributed by atoms with van der Waals surface area (Å²) in [7, 11) is 0. The minimum absolute atomic E-state index is 0.284. The first-order chi connectivity index (χ1) is 12.0.